The highest BCUT2D eigenvalue weighted by molar-refractivity contribution is 5.77. The van der Waals surface area contributed by atoms with Crippen LogP contribution in [0, 0.1) is 5.92 Å². The molecule has 3 rings (SSSR count). The van der Waals surface area contributed by atoms with Crippen molar-refractivity contribution in [3.8, 4) is 0 Å². The van der Waals surface area contributed by atoms with Gasteiger partial charge in [-0.05, 0) is 24.0 Å². The Hall–Kier alpha value is -1.48. The molecule has 1 unspecified atom stereocenters. The summed E-state index contributed by atoms with van der Waals surface area (Å²) in [4.78, 5) is 8.77. The molecule has 94 valence electrons. The highest BCUT2D eigenvalue weighted by Gasteiger charge is 2.20. The summed E-state index contributed by atoms with van der Waals surface area (Å²) < 4.78 is 0. The van der Waals surface area contributed by atoms with Crippen LogP contribution >= 0.6 is 0 Å². The molecule has 0 radical (unpaired) electrons. The van der Waals surface area contributed by atoms with Gasteiger partial charge in [-0.1, -0.05) is 37.8 Å². The molecule has 0 spiro atoms. The molecule has 3 nitrogen and oxygen atoms in total. The Morgan fingerprint density at radius 2 is 1.94 bits per heavy atom. The molecule has 18 heavy (non-hydrogen) atoms. The van der Waals surface area contributed by atoms with Crippen molar-refractivity contribution in [3.63, 3.8) is 0 Å². The largest absolute Gasteiger partial charge is 0.324 e. The van der Waals surface area contributed by atoms with E-state index in [0.717, 1.165) is 28.9 Å². The zero-order chi connectivity index (χ0) is 12.4. The van der Waals surface area contributed by atoms with Crippen molar-refractivity contribution < 1.29 is 0 Å². The fourth-order valence-electron chi connectivity index (χ4n) is 3.05. The topological polar surface area (TPSA) is 51.8 Å². The highest BCUT2D eigenvalue weighted by atomic mass is 14.8. The summed E-state index contributed by atoms with van der Waals surface area (Å²) in [6, 6.07) is 6.21. The summed E-state index contributed by atoms with van der Waals surface area (Å²) in [6.45, 7) is 0. The van der Waals surface area contributed by atoms with Gasteiger partial charge in [0.25, 0.3) is 0 Å². The van der Waals surface area contributed by atoms with E-state index in [4.69, 9.17) is 5.73 Å². The van der Waals surface area contributed by atoms with Crippen LogP contribution in [0.5, 0.6) is 0 Å². The Labute approximate surface area is 107 Å². The predicted octanol–water partition coefficient (Wildman–Crippen LogP) is 3.21. The van der Waals surface area contributed by atoms with Gasteiger partial charge < -0.3 is 5.73 Å². The molecule has 1 fully saturated rings. The van der Waals surface area contributed by atoms with Gasteiger partial charge in [-0.15, -0.1) is 0 Å². The lowest BCUT2D eigenvalue weighted by atomic mass is 9.93. The van der Waals surface area contributed by atoms with Gasteiger partial charge in [0, 0.05) is 18.4 Å². The molecule has 0 bridgehead atoms. The van der Waals surface area contributed by atoms with Gasteiger partial charge in [0.2, 0.25) is 0 Å². The van der Waals surface area contributed by atoms with Gasteiger partial charge in [-0.3, -0.25) is 9.97 Å². The quantitative estimate of drug-likeness (QED) is 0.897. The number of fused-ring (bicyclic) bond motifs is 1. The minimum atomic E-state index is 0.0912. The van der Waals surface area contributed by atoms with Crippen LogP contribution in [0.15, 0.2) is 30.6 Å². The fourth-order valence-corrected chi connectivity index (χ4v) is 3.05. The van der Waals surface area contributed by atoms with E-state index in [0.29, 0.717) is 0 Å². The second-order valence-corrected chi connectivity index (χ2v) is 5.26. The van der Waals surface area contributed by atoms with E-state index in [2.05, 4.69) is 16.0 Å². The third-order valence-electron chi connectivity index (χ3n) is 3.99. The number of benzene rings is 1. The van der Waals surface area contributed by atoms with Gasteiger partial charge in [-0.25, -0.2) is 0 Å². The fraction of sp³-hybridized carbons (Fsp3) is 0.467. The average Bonchev–Trinajstić information content (AvgIpc) is 2.91. The average molecular weight is 241 g/mol. The molecule has 3 heteroatoms. The zero-order valence-electron chi connectivity index (χ0n) is 10.5. The van der Waals surface area contributed by atoms with Crippen LogP contribution in [0.4, 0.5) is 0 Å². The first-order chi connectivity index (χ1) is 8.84. The third-order valence-corrected chi connectivity index (χ3v) is 3.99. The minimum absolute atomic E-state index is 0.0912. The molecule has 2 N–H and O–H groups in total. The second kappa shape index (κ2) is 5.02. The summed E-state index contributed by atoms with van der Waals surface area (Å²) in [7, 11) is 0. The van der Waals surface area contributed by atoms with Gasteiger partial charge >= 0.3 is 0 Å². The lowest BCUT2D eigenvalue weighted by Gasteiger charge is -2.17. The Morgan fingerprint density at radius 1 is 1.17 bits per heavy atom. The predicted molar refractivity (Wildman–Crippen MR) is 73.0 cm³/mol. The third kappa shape index (κ3) is 2.23. The standard InChI is InChI=1S/C15H19N3/c16-13(10-11-4-1-2-5-11)12-6-3-7-14-15(12)18-9-8-17-14/h3,6-9,11,13H,1-2,4-5,10,16H2. The summed E-state index contributed by atoms with van der Waals surface area (Å²) >= 11 is 0. The molecule has 1 heterocycles. The first kappa shape index (κ1) is 11.6. The Kier molecular flexibility index (Phi) is 3.24. The molecule has 1 aliphatic carbocycles. The monoisotopic (exact) mass is 241 g/mol. The Bertz CT molecular complexity index is 527. The molecule has 0 amide bonds. The molecular weight excluding hydrogens is 222 g/mol. The molecule has 1 aromatic heterocycles. The molecule has 2 aromatic rings. The van der Waals surface area contributed by atoms with Crippen molar-refractivity contribution in [2.45, 2.75) is 38.1 Å². The summed E-state index contributed by atoms with van der Waals surface area (Å²) in [5.41, 5.74) is 9.42. The molecule has 1 atom stereocenters. The first-order valence-corrected chi connectivity index (χ1v) is 6.80. The molecule has 1 aliphatic rings. The van der Waals surface area contributed by atoms with Crippen LogP contribution in [0.2, 0.25) is 0 Å². The van der Waals surface area contributed by atoms with E-state index in [9.17, 15) is 0 Å². The summed E-state index contributed by atoms with van der Waals surface area (Å²) in [5, 5.41) is 0. The highest BCUT2D eigenvalue weighted by Crippen LogP contribution is 2.33. The number of nitrogens with zero attached hydrogens (tertiary/aromatic N) is 2. The van der Waals surface area contributed by atoms with Gasteiger partial charge in [0.1, 0.15) is 0 Å². The van der Waals surface area contributed by atoms with Crippen LogP contribution in [-0.4, -0.2) is 9.97 Å². The van der Waals surface area contributed by atoms with Crippen molar-refractivity contribution in [3.05, 3.63) is 36.2 Å². The number of aromatic nitrogens is 2. The van der Waals surface area contributed by atoms with Crippen LogP contribution < -0.4 is 5.73 Å². The van der Waals surface area contributed by atoms with Crippen LogP contribution in [0.3, 0.4) is 0 Å². The van der Waals surface area contributed by atoms with Crippen molar-refractivity contribution >= 4 is 11.0 Å². The number of para-hydroxylation sites is 1. The lowest BCUT2D eigenvalue weighted by molar-refractivity contribution is 0.452. The normalized spacial score (nSPS) is 18.3. The van der Waals surface area contributed by atoms with Gasteiger partial charge in [-0.2, -0.15) is 0 Å². The maximum Gasteiger partial charge on any atom is 0.0934 e. The Balaban J connectivity index is 1.88. The van der Waals surface area contributed by atoms with E-state index >= 15 is 0 Å². The first-order valence-electron chi connectivity index (χ1n) is 6.80. The summed E-state index contributed by atoms with van der Waals surface area (Å²) in [6.07, 6.45) is 9.96. The molecular formula is C15H19N3. The smallest absolute Gasteiger partial charge is 0.0934 e. The van der Waals surface area contributed by atoms with Gasteiger partial charge in [0.05, 0.1) is 11.0 Å². The van der Waals surface area contributed by atoms with E-state index in [1.807, 2.05) is 12.1 Å². The van der Waals surface area contributed by atoms with Crippen molar-refractivity contribution in [1.29, 1.82) is 0 Å². The number of hydrogen-bond donors (Lipinski definition) is 1. The van der Waals surface area contributed by atoms with Crippen molar-refractivity contribution in [1.82, 2.24) is 9.97 Å². The van der Waals surface area contributed by atoms with Gasteiger partial charge in [0.15, 0.2) is 0 Å². The van der Waals surface area contributed by atoms with Crippen molar-refractivity contribution in [2.24, 2.45) is 11.7 Å². The van der Waals surface area contributed by atoms with E-state index in [1.54, 1.807) is 12.4 Å². The summed E-state index contributed by atoms with van der Waals surface area (Å²) in [5.74, 6) is 0.798. The van der Waals surface area contributed by atoms with Crippen molar-refractivity contribution in [2.75, 3.05) is 0 Å². The van der Waals surface area contributed by atoms with Crippen LogP contribution in [-0.2, 0) is 0 Å². The van der Waals surface area contributed by atoms with Crippen LogP contribution in [0.1, 0.15) is 43.7 Å². The lowest BCUT2D eigenvalue weighted by Crippen LogP contribution is -2.15. The number of rotatable bonds is 3. The number of nitrogens with two attached hydrogens (primary N) is 1. The Morgan fingerprint density at radius 3 is 2.78 bits per heavy atom. The van der Waals surface area contributed by atoms with E-state index < -0.39 is 0 Å². The second-order valence-electron chi connectivity index (χ2n) is 5.26. The number of hydrogen-bond acceptors (Lipinski definition) is 3. The zero-order valence-corrected chi connectivity index (χ0v) is 10.5. The molecule has 0 saturated heterocycles. The molecule has 0 aliphatic heterocycles. The van der Waals surface area contributed by atoms with Crippen LogP contribution in [0.25, 0.3) is 11.0 Å². The van der Waals surface area contributed by atoms with E-state index in [-0.39, 0.29) is 6.04 Å². The van der Waals surface area contributed by atoms with E-state index in [1.165, 1.54) is 25.7 Å². The maximum absolute atomic E-state index is 6.37. The maximum atomic E-state index is 6.37. The minimum Gasteiger partial charge on any atom is -0.324 e. The molecule has 1 saturated carbocycles. The SMILES string of the molecule is NC(CC1CCCC1)c1cccc2nccnc12. The molecule has 1 aromatic carbocycles.